The number of nitro groups is 1. The van der Waals surface area contributed by atoms with Crippen LogP contribution in [0.5, 0.6) is 11.5 Å². The third kappa shape index (κ3) is 3.24. The molecule has 6 heteroatoms. The van der Waals surface area contributed by atoms with Crippen molar-refractivity contribution in [2.75, 3.05) is 0 Å². The van der Waals surface area contributed by atoms with Crippen molar-refractivity contribution in [2.24, 2.45) is 0 Å². The predicted octanol–water partition coefficient (Wildman–Crippen LogP) is 5.06. The average molecular weight is 434 g/mol. The molecule has 0 heterocycles. The highest BCUT2D eigenvalue weighted by molar-refractivity contribution is 14.1. The summed E-state index contributed by atoms with van der Waals surface area (Å²) in [5.74, 6) is 1.28. The minimum Gasteiger partial charge on any atom is -0.455 e. The van der Waals surface area contributed by atoms with Gasteiger partial charge in [-0.15, -0.1) is 0 Å². The summed E-state index contributed by atoms with van der Waals surface area (Å²) in [5.41, 5.74) is 0.635. The highest BCUT2D eigenvalue weighted by Gasteiger charge is 2.15. The van der Waals surface area contributed by atoms with E-state index < -0.39 is 4.92 Å². The standard InChI is InChI=1S/C13H9BrINO3/c1-8-6-13(9(14)7-11(8)16(17)18)19-12-5-3-2-4-10(12)15/h2-7H,1H3. The summed E-state index contributed by atoms with van der Waals surface area (Å²) in [6.45, 7) is 1.69. The van der Waals surface area contributed by atoms with Gasteiger partial charge in [-0.3, -0.25) is 10.1 Å². The molecule has 2 rings (SSSR count). The molecule has 0 saturated heterocycles. The van der Waals surface area contributed by atoms with Gasteiger partial charge in [0.25, 0.3) is 5.69 Å². The molecule has 4 nitrogen and oxygen atoms in total. The fourth-order valence-electron chi connectivity index (χ4n) is 1.57. The van der Waals surface area contributed by atoms with Crippen LogP contribution in [0.3, 0.4) is 0 Å². The molecule has 0 aromatic heterocycles. The summed E-state index contributed by atoms with van der Waals surface area (Å²) in [6.07, 6.45) is 0. The van der Waals surface area contributed by atoms with Crippen molar-refractivity contribution in [3.8, 4) is 11.5 Å². The number of halogens is 2. The van der Waals surface area contributed by atoms with Crippen molar-refractivity contribution in [3.63, 3.8) is 0 Å². The fraction of sp³-hybridized carbons (Fsp3) is 0.0769. The van der Waals surface area contributed by atoms with E-state index >= 15 is 0 Å². The van der Waals surface area contributed by atoms with Gasteiger partial charge in [-0.05, 0) is 63.6 Å². The maximum absolute atomic E-state index is 10.8. The molecule has 0 saturated carbocycles. The Bertz CT molecular complexity index is 646. The van der Waals surface area contributed by atoms with Gasteiger partial charge >= 0.3 is 0 Å². The van der Waals surface area contributed by atoms with Gasteiger partial charge in [0.1, 0.15) is 11.5 Å². The number of hydrogen-bond acceptors (Lipinski definition) is 3. The van der Waals surface area contributed by atoms with Crippen LogP contribution in [0.4, 0.5) is 5.69 Å². The molecule has 0 unspecified atom stereocenters. The Balaban J connectivity index is 2.39. The van der Waals surface area contributed by atoms with E-state index in [4.69, 9.17) is 4.74 Å². The van der Waals surface area contributed by atoms with E-state index in [9.17, 15) is 10.1 Å². The fourth-order valence-corrected chi connectivity index (χ4v) is 2.48. The van der Waals surface area contributed by atoms with Gasteiger partial charge in [-0.1, -0.05) is 12.1 Å². The maximum atomic E-state index is 10.8. The van der Waals surface area contributed by atoms with E-state index in [2.05, 4.69) is 38.5 Å². The van der Waals surface area contributed by atoms with Crippen molar-refractivity contribution < 1.29 is 9.66 Å². The van der Waals surface area contributed by atoms with Gasteiger partial charge < -0.3 is 4.74 Å². The van der Waals surface area contributed by atoms with Crippen LogP contribution in [0.1, 0.15) is 5.56 Å². The highest BCUT2D eigenvalue weighted by Crippen LogP contribution is 2.36. The zero-order valence-electron chi connectivity index (χ0n) is 9.89. The van der Waals surface area contributed by atoms with Crippen LogP contribution in [0, 0.1) is 20.6 Å². The molecular weight excluding hydrogens is 425 g/mol. The van der Waals surface area contributed by atoms with Gasteiger partial charge in [0.2, 0.25) is 0 Å². The van der Waals surface area contributed by atoms with Crippen molar-refractivity contribution >= 4 is 44.2 Å². The first-order valence-electron chi connectivity index (χ1n) is 5.36. The Kier molecular flexibility index (Phi) is 4.41. The number of hydrogen-bond donors (Lipinski definition) is 0. The lowest BCUT2D eigenvalue weighted by atomic mass is 10.2. The molecule has 0 radical (unpaired) electrons. The van der Waals surface area contributed by atoms with E-state index in [0.717, 1.165) is 9.32 Å². The molecule has 0 aliphatic carbocycles. The van der Waals surface area contributed by atoms with Gasteiger partial charge in [0.15, 0.2) is 0 Å². The Labute approximate surface area is 132 Å². The lowest BCUT2D eigenvalue weighted by Crippen LogP contribution is -1.94. The first-order chi connectivity index (χ1) is 8.99. The van der Waals surface area contributed by atoms with Crippen LogP contribution in [-0.4, -0.2) is 4.92 Å². The molecule has 19 heavy (non-hydrogen) atoms. The second-order valence-corrected chi connectivity index (χ2v) is 5.88. The Morgan fingerprint density at radius 3 is 2.58 bits per heavy atom. The minimum absolute atomic E-state index is 0.0713. The van der Waals surface area contributed by atoms with Crippen molar-refractivity contribution in [3.05, 3.63) is 60.1 Å². The monoisotopic (exact) mass is 433 g/mol. The maximum Gasteiger partial charge on any atom is 0.273 e. The Morgan fingerprint density at radius 1 is 1.26 bits per heavy atom. The van der Waals surface area contributed by atoms with Crippen LogP contribution in [0.25, 0.3) is 0 Å². The largest absolute Gasteiger partial charge is 0.455 e. The zero-order chi connectivity index (χ0) is 14.0. The second-order valence-electron chi connectivity index (χ2n) is 3.86. The molecular formula is C13H9BrINO3. The SMILES string of the molecule is Cc1cc(Oc2ccccc2I)c(Br)cc1[N+](=O)[O-]. The van der Waals surface area contributed by atoms with Crippen molar-refractivity contribution in [1.82, 2.24) is 0 Å². The van der Waals surface area contributed by atoms with E-state index in [1.165, 1.54) is 6.07 Å². The molecule has 0 fully saturated rings. The third-order valence-electron chi connectivity index (χ3n) is 2.50. The van der Waals surface area contributed by atoms with E-state index in [1.807, 2.05) is 24.3 Å². The second kappa shape index (κ2) is 5.87. The van der Waals surface area contributed by atoms with Crippen LogP contribution in [-0.2, 0) is 0 Å². The zero-order valence-corrected chi connectivity index (χ0v) is 13.6. The van der Waals surface area contributed by atoms with Crippen LogP contribution >= 0.6 is 38.5 Å². The molecule has 0 bridgehead atoms. The Morgan fingerprint density at radius 2 is 1.95 bits per heavy atom. The number of nitro benzene ring substituents is 1. The molecule has 0 aliphatic heterocycles. The molecule has 0 atom stereocenters. The summed E-state index contributed by atoms with van der Waals surface area (Å²) in [7, 11) is 0. The van der Waals surface area contributed by atoms with Crippen molar-refractivity contribution in [1.29, 1.82) is 0 Å². The van der Waals surface area contributed by atoms with E-state index in [0.29, 0.717) is 15.8 Å². The first kappa shape index (κ1) is 14.3. The van der Waals surface area contributed by atoms with Crippen LogP contribution < -0.4 is 4.74 Å². The minimum atomic E-state index is -0.407. The molecule has 98 valence electrons. The summed E-state index contributed by atoms with van der Waals surface area (Å²) >= 11 is 5.48. The number of rotatable bonds is 3. The molecule has 0 amide bonds. The quantitative estimate of drug-likeness (QED) is 0.386. The first-order valence-corrected chi connectivity index (χ1v) is 7.23. The number of benzene rings is 2. The third-order valence-corrected chi connectivity index (χ3v) is 4.01. The topological polar surface area (TPSA) is 52.4 Å². The number of nitrogens with zero attached hydrogens (tertiary/aromatic N) is 1. The summed E-state index contributed by atoms with van der Waals surface area (Å²) in [4.78, 5) is 10.4. The lowest BCUT2D eigenvalue weighted by molar-refractivity contribution is -0.385. The number of ether oxygens (including phenoxy) is 1. The number of para-hydroxylation sites is 1. The normalized spacial score (nSPS) is 10.3. The summed E-state index contributed by atoms with van der Waals surface area (Å²) < 4.78 is 7.31. The van der Waals surface area contributed by atoms with Gasteiger partial charge in [-0.2, -0.15) is 0 Å². The van der Waals surface area contributed by atoms with Gasteiger partial charge in [0.05, 0.1) is 13.0 Å². The molecule has 2 aromatic rings. The molecule has 0 spiro atoms. The van der Waals surface area contributed by atoms with Gasteiger partial charge in [0, 0.05) is 11.6 Å². The molecule has 0 aliphatic rings. The molecule has 2 aromatic carbocycles. The summed E-state index contributed by atoms with van der Waals surface area (Å²) in [5, 5.41) is 10.8. The highest BCUT2D eigenvalue weighted by atomic mass is 127. The average Bonchev–Trinajstić information content (AvgIpc) is 2.35. The van der Waals surface area contributed by atoms with Crippen molar-refractivity contribution in [2.45, 2.75) is 6.92 Å². The van der Waals surface area contributed by atoms with Gasteiger partial charge in [-0.25, -0.2) is 0 Å². The van der Waals surface area contributed by atoms with Crippen LogP contribution in [0.15, 0.2) is 40.9 Å². The van der Waals surface area contributed by atoms with Crippen LogP contribution in [0.2, 0.25) is 0 Å². The molecule has 0 N–H and O–H groups in total. The predicted molar refractivity (Wildman–Crippen MR) is 84.8 cm³/mol. The summed E-state index contributed by atoms with van der Waals surface area (Å²) in [6, 6.07) is 10.7. The van der Waals surface area contributed by atoms with E-state index in [1.54, 1.807) is 13.0 Å². The lowest BCUT2D eigenvalue weighted by Gasteiger charge is -2.10. The Hall–Kier alpha value is -1.15. The smallest absolute Gasteiger partial charge is 0.273 e. The number of aryl methyl sites for hydroxylation is 1. The van der Waals surface area contributed by atoms with E-state index in [-0.39, 0.29) is 5.69 Å².